The molecule has 2 aliphatic rings. The molecule has 2 fully saturated rings. The van der Waals surface area contributed by atoms with E-state index in [9.17, 15) is 29.6 Å². The molecule has 0 radical (unpaired) electrons. The number of aromatic nitrogens is 1. The van der Waals surface area contributed by atoms with Crippen molar-refractivity contribution in [2.75, 3.05) is 65.7 Å². The van der Waals surface area contributed by atoms with Crippen molar-refractivity contribution >= 4 is 40.1 Å². The standard InChI is InChI=1S/C32H37N5O11/c1-6-47-30-22(13-19(37(42)43)14-25(30)45-5)31-34(3)32(41)18(2)36(31)27(38)17-48-26-8-7-20-23(35-9-11-46-12-10-35)16-24(44-4)21(15-28(39)40)29(20)33-26/h7-8,13-14,16,18,31H,6,9-12,15,17H2,1-5H3,(H,39,40)/t18-,31+/m0/s1. The lowest BCUT2D eigenvalue weighted by Gasteiger charge is -2.31. The molecule has 0 spiro atoms. The lowest BCUT2D eigenvalue weighted by molar-refractivity contribution is -0.385. The predicted octanol–water partition coefficient (Wildman–Crippen LogP) is 2.79. The summed E-state index contributed by atoms with van der Waals surface area (Å²) >= 11 is 0. The third-order valence-corrected chi connectivity index (χ3v) is 8.35. The Morgan fingerprint density at radius 1 is 1.10 bits per heavy atom. The molecule has 16 heteroatoms. The van der Waals surface area contributed by atoms with Crippen LogP contribution in [-0.2, 0) is 25.5 Å². The highest BCUT2D eigenvalue weighted by Crippen LogP contribution is 2.45. The number of pyridine rings is 1. The number of fused-ring (bicyclic) bond motifs is 1. The minimum absolute atomic E-state index is 0.0405. The van der Waals surface area contributed by atoms with Gasteiger partial charge in [-0.1, -0.05) is 0 Å². The number of rotatable bonds is 12. The predicted molar refractivity (Wildman–Crippen MR) is 171 cm³/mol. The molecule has 48 heavy (non-hydrogen) atoms. The molecule has 0 aliphatic carbocycles. The van der Waals surface area contributed by atoms with Gasteiger partial charge in [-0.3, -0.25) is 24.5 Å². The molecule has 2 saturated heterocycles. The second kappa shape index (κ2) is 14.2. The molecule has 0 bridgehead atoms. The largest absolute Gasteiger partial charge is 0.496 e. The van der Waals surface area contributed by atoms with Gasteiger partial charge in [0.2, 0.25) is 11.8 Å². The molecule has 2 atom stereocenters. The van der Waals surface area contributed by atoms with Crippen molar-refractivity contribution in [3.63, 3.8) is 0 Å². The average molecular weight is 668 g/mol. The maximum atomic E-state index is 13.9. The topological polar surface area (TPSA) is 183 Å². The summed E-state index contributed by atoms with van der Waals surface area (Å²) in [6, 6.07) is 6.66. The van der Waals surface area contributed by atoms with Gasteiger partial charge in [0.1, 0.15) is 18.0 Å². The van der Waals surface area contributed by atoms with Crippen LogP contribution in [0.3, 0.4) is 0 Å². The van der Waals surface area contributed by atoms with E-state index in [0.29, 0.717) is 48.5 Å². The zero-order valence-corrected chi connectivity index (χ0v) is 27.3. The fourth-order valence-electron chi connectivity index (χ4n) is 6.14. The number of benzene rings is 2. The van der Waals surface area contributed by atoms with Crippen LogP contribution >= 0.6 is 0 Å². The Morgan fingerprint density at radius 2 is 1.81 bits per heavy atom. The molecule has 2 amide bonds. The summed E-state index contributed by atoms with van der Waals surface area (Å²) in [6.07, 6.45) is -1.44. The van der Waals surface area contributed by atoms with Crippen LogP contribution in [0.4, 0.5) is 11.4 Å². The van der Waals surface area contributed by atoms with Crippen LogP contribution in [0.1, 0.15) is 31.1 Å². The lowest BCUT2D eigenvalue weighted by atomic mass is 10.0. The normalized spacial score (nSPS) is 17.9. The van der Waals surface area contributed by atoms with Gasteiger partial charge < -0.3 is 43.5 Å². The summed E-state index contributed by atoms with van der Waals surface area (Å²) in [5, 5.41) is 22.1. The van der Waals surface area contributed by atoms with E-state index in [0.717, 1.165) is 5.69 Å². The number of aliphatic carboxylic acids is 1. The van der Waals surface area contributed by atoms with Gasteiger partial charge in [-0.15, -0.1) is 0 Å². The summed E-state index contributed by atoms with van der Waals surface area (Å²) in [4.78, 5) is 59.4. The fraction of sp³-hybridized carbons (Fsp3) is 0.438. The number of ether oxygens (including phenoxy) is 5. The van der Waals surface area contributed by atoms with Crippen LogP contribution in [0.2, 0.25) is 0 Å². The number of hydrogen-bond acceptors (Lipinski definition) is 12. The first-order chi connectivity index (χ1) is 23.0. The van der Waals surface area contributed by atoms with E-state index >= 15 is 0 Å². The van der Waals surface area contributed by atoms with Crippen LogP contribution in [0.25, 0.3) is 10.9 Å². The van der Waals surface area contributed by atoms with E-state index in [1.807, 2.05) is 0 Å². The van der Waals surface area contributed by atoms with Gasteiger partial charge in [0.15, 0.2) is 18.1 Å². The van der Waals surface area contributed by atoms with Crippen molar-refractivity contribution in [1.82, 2.24) is 14.8 Å². The highest BCUT2D eigenvalue weighted by atomic mass is 16.6. The first-order valence-corrected chi connectivity index (χ1v) is 15.2. The van der Waals surface area contributed by atoms with Gasteiger partial charge in [-0.25, -0.2) is 4.98 Å². The van der Waals surface area contributed by atoms with Crippen LogP contribution < -0.4 is 23.8 Å². The Hall–Kier alpha value is -5.38. The second-order valence-electron chi connectivity index (χ2n) is 11.1. The first kappa shape index (κ1) is 34.0. The zero-order valence-electron chi connectivity index (χ0n) is 27.3. The molecule has 0 unspecified atom stereocenters. The quantitative estimate of drug-likeness (QED) is 0.220. The molecule has 1 aromatic heterocycles. The number of non-ortho nitro benzene ring substituents is 1. The van der Waals surface area contributed by atoms with Crippen LogP contribution in [-0.4, -0.2) is 109 Å². The number of carbonyl (C=O) groups is 3. The summed E-state index contributed by atoms with van der Waals surface area (Å²) in [5.74, 6) is -1.45. The number of methoxy groups -OCH3 is 2. The molecular weight excluding hydrogens is 630 g/mol. The minimum atomic E-state index is -1.08. The molecule has 3 heterocycles. The molecule has 256 valence electrons. The van der Waals surface area contributed by atoms with Crippen molar-refractivity contribution < 1.29 is 48.1 Å². The van der Waals surface area contributed by atoms with Crippen LogP contribution in [0.15, 0.2) is 30.3 Å². The summed E-state index contributed by atoms with van der Waals surface area (Å²) < 4.78 is 28.1. The average Bonchev–Trinajstić information content (AvgIpc) is 3.31. The van der Waals surface area contributed by atoms with Crippen LogP contribution in [0, 0.1) is 10.1 Å². The maximum absolute atomic E-state index is 13.9. The number of carboxylic acids is 1. The fourth-order valence-corrected chi connectivity index (χ4v) is 6.14. The number of likely N-dealkylation sites (N-methyl/N-ethyl adjacent to an activating group) is 1. The number of nitro groups is 1. The highest BCUT2D eigenvalue weighted by molar-refractivity contribution is 5.98. The zero-order chi connectivity index (χ0) is 34.7. The maximum Gasteiger partial charge on any atom is 0.308 e. The lowest BCUT2D eigenvalue weighted by Crippen LogP contribution is -2.41. The molecule has 2 aliphatic heterocycles. The Bertz CT molecular complexity index is 1740. The summed E-state index contributed by atoms with van der Waals surface area (Å²) in [6.45, 7) is 5.21. The Morgan fingerprint density at radius 3 is 2.44 bits per heavy atom. The van der Waals surface area contributed by atoms with Crippen molar-refractivity contribution in [2.24, 2.45) is 0 Å². The van der Waals surface area contributed by atoms with Gasteiger partial charge in [0.25, 0.3) is 11.6 Å². The molecular formula is C32H37N5O11. The molecule has 16 nitrogen and oxygen atoms in total. The van der Waals surface area contributed by atoms with E-state index in [1.165, 1.54) is 43.2 Å². The smallest absolute Gasteiger partial charge is 0.308 e. The van der Waals surface area contributed by atoms with E-state index in [1.54, 1.807) is 32.0 Å². The molecule has 3 aromatic rings. The summed E-state index contributed by atoms with van der Waals surface area (Å²) in [5.41, 5.74) is 1.37. The number of morpholine rings is 1. The monoisotopic (exact) mass is 667 g/mol. The number of nitrogens with zero attached hydrogens (tertiary/aromatic N) is 5. The Balaban J connectivity index is 1.51. The van der Waals surface area contributed by atoms with Gasteiger partial charge in [-0.05, 0) is 19.9 Å². The Kier molecular flexibility index (Phi) is 10.0. The Labute approximate surface area is 275 Å². The molecule has 0 saturated carbocycles. The van der Waals surface area contributed by atoms with E-state index in [4.69, 9.17) is 23.7 Å². The second-order valence-corrected chi connectivity index (χ2v) is 11.1. The third-order valence-electron chi connectivity index (χ3n) is 8.35. The SMILES string of the molecule is CCOc1c(OC)cc([N+](=O)[O-])cc1[C@@H]1N(C)C(=O)[C@H](C)N1C(=O)COc1ccc2c(N3CCOCC3)cc(OC)c(CC(=O)O)c2n1. The van der Waals surface area contributed by atoms with Crippen molar-refractivity contribution in [2.45, 2.75) is 32.5 Å². The van der Waals surface area contributed by atoms with Gasteiger partial charge in [-0.2, -0.15) is 0 Å². The third kappa shape index (κ3) is 6.43. The molecule has 1 N–H and O–H groups in total. The van der Waals surface area contributed by atoms with Crippen molar-refractivity contribution in [3.05, 3.63) is 51.6 Å². The van der Waals surface area contributed by atoms with Gasteiger partial charge >= 0.3 is 5.97 Å². The van der Waals surface area contributed by atoms with E-state index in [2.05, 4.69) is 9.88 Å². The number of hydrogen-bond donors (Lipinski definition) is 1. The highest BCUT2D eigenvalue weighted by Gasteiger charge is 2.47. The van der Waals surface area contributed by atoms with Gasteiger partial charge in [0.05, 0.1) is 62.7 Å². The number of carbonyl (C=O) groups excluding carboxylic acids is 2. The van der Waals surface area contributed by atoms with Crippen molar-refractivity contribution in [3.8, 4) is 23.1 Å². The number of anilines is 1. The number of amides is 2. The van der Waals surface area contributed by atoms with E-state index < -0.39 is 41.5 Å². The number of carboxylic acid groups (broad SMARTS) is 1. The minimum Gasteiger partial charge on any atom is -0.496 e. The summed E-state index contributed by atoms with van der Waals surface area (Å²) in [7, 11) is 4.29. The van der Waals surface area contributed by atoms with Gasteiger partial charge in [0, 0.05) is 54.8 Å². The van der Waals surface area contributed by atoms with Crippen molar-refractivity contribution in [1.29, 1.82) is 0 Å². The molecule has 5 rings (SSSR count). The number of nitro benzene ring substituents is 1. The first-order valence-electron chi connectivity index (χ1n) is 15.2. The molecule has 2 aromatic carbocycles. The van der Waals surface area contributed by atoms with E-state index in [-0.39, 0.29) is 41.7 Å². The van der Waals surface area contributed by atoms with Crippen LogP contribution in [0.5, 0.6) is 23.1 Å².